The van der Waals surface area contributed by atoms with Gasteiger partial charge in [-0.1, -0.05) is 42.5 Å². The number of H-pyrrole nitrogens is 2. The molecule has 4 aliphatic rings. The van der Waals surface area contributed by atoms with Crippen molar-refractivity contribution in [3.63, 3.8) is 0 Å². The molecular weight excluding hydrogens is 528 g/mol. The van der Waals surface area contributed by atoms with Gasteiger partial charge in [-0.05, 0) is 135 Å². The average molecular weight is 569 g/mol. The number of nitrogens with zero attached hydrogens (tertiary/aromatic N) is 4. The number of benzene rings is 3. The highest BCUT2D eigenvalue weighted by Crippen LogP contribution is 2.58. The SMILES string of the molecule is CN1CCC[C@H]1c1ncc(-c2ccc(-c3ccc(-c4ccc5nc([C@@H]6CCCN6C)[nH]c5c4)c4c3C3CCC4C3)cc2)[nH]1. The van der Waals surface area contributed by atoms with Gasteiger partial charge in [0.2, 0.25) is 0 Å². The van der Waals surface area contributed by atoms with E-state index in [2.05, 4.69) is 88.5 Å². The molecule has 6 heteroatoms. The molecule has 9 rings (SSSR count). The molecule has 0 radical (unpaired) electrons. The third-order valence-corrected chi connectivity index (χ3v) is 11.1. The molecule has 0 spiro atoms. The van der Waals surface area contributed by atoms with Crippen molar-refractivity contribution in [2.75, 3.05) is 27.2 Å². The van der Waals surface area contributed by atoms with Crippen molar-refractivity contribution >= 4 is 11.0 Å². The Hall–Kier alpha value is -3.74. The largest absolute Gasteiger partial charge is 0.341 e. The summed E-state index contributed by atoms with van der Waals surface area (Å²) in [6.45, 7) is 2.30. The molecule has 2 aliphatic carbocycles. The molecule has 3 aromatic carbocycles. The van der Waals surface area contributed by atoms with Crippen molar-refractivity contribution in [1.29, 1.82) is 0 Å². The summed E-state index contributed by atoms with van der Waals surface area (Å²) in [4.78, 5) is 21.9. The van der Waals surface area contributed by atoms with Gasteiger partial charge in [0.1, 0.15) is 11.6 Å². The molecule has 5 aromatic rings. The fraction of sp³-hybridized carbons (Fsp3) is 0.405. The summed E-state index contributed by atoms with van der Waals surface area (Å²) in [5.74, 6) is 3.56. The first-order valence-electron chi connectivity index (χ1n) is 16.3. The second kappa shape index (κ2) is 9.90. The Morgan fingerprint density at radius 1 is 0.674 bits per heavy atom. The Morgan fingerprint density at radius 2 is 1.30 bits per heavy atom. The molecule has 2 aromatic heterocycles. The summed E-state index contributed by atoms with van der Waals surface area (Å²) in [6, 6.07) is 21.6. The number of hydrogen-bond donors (Lipinski definition) is 2. The number of rotatable bonds is 5. The molecule has 4 atom stereocenters. The van der Waals surface area contributed by atoms with E-state index < -0.39 is 0 Å². The van der Waals surface area contributed by atoms with Crippen molar-refractivity contribution in [3.05, 3.63) is 83.6 Å². The van der Waals surface area contributed by atoms with Crippen LogP contribution in [0.25, 0.3) is 44.5 Å². The highest BCUT2D eigenvalue weighted by molar-refractivity contribution is 5.86. The Bertz CT molecular complexity index is 1830. The quantitative estimate of drug-likeness (QED) is 0.224. The van der Waals surface area contributed by atoms with E-state index in [0.29, 0.717) is 23.9 Å². The van der Waals surface area contributed by atoms with Crippen molar-refractivity contribution < 1.29 is 0 Å². The summed E-state index contributed by atoms with van der Waals surface area (Å²) < 4.78 is 0. The highest BCUT2D eigenvalue weighted by Gasteiger charge is 2.40. The van der Waals surface area contributed by atoms with E-state index in [4.69, 9.17) is 9.97 Å². The van der Waals surface area contributed by atoms with Gasteiger partial charge >= 0.3 is 0 Å². The van der Waals surface area contributed by atoms with Crippen LogP contribution in [0, 0.1) is 0 Å². The van der Waals surface area contributed by atoms with E-state index in [1.807, 2.05) is 6.20 Å². The van der Waals surface area contributed by atoms with Gasteiger partial charge in [0.15, 0.2) is 0 Å². The number of imidazole rings is 2. The third kappa shape index (κ3) is 4.14. The molecule has 2 unspecified atom stereocenters. The third-order valence-electron chi connectivity index (χ3n) is 11.1. The number of nitrogens with one attached hydrogen (secondary N) is 2. The molecule has 1 saturated carbocycles. The highest BCUT2D eigenvalue weighted by atomic mass is 15.2. The van der Waals surface area contributed by atoms with Crippen LogP contribution in [-0.4, -0.2) is 56.9 Å². The minimum absolute atomic E-state index is 0.408. The van der Waals surface area contributed by atoms with E-state index in [1.54, 1.807) is 11.1 Å². The molecule has 218 valence electrons. The second-order valence-electron chi connectivity index (χ2n) is 13.6. The lowest BCUT2D eigenvalue weighted by molar-refractivity contribution is 0.307. The summed E-state index contributed by atoms with van der Waals surface area (Å²) >= 11 is 0. The predicted octanol–water partition coefficient (Wildman–Crippen LogP) is 8.19. The standard InChI is InChI=1S/C37H40N6/c1-42-17-3-5-32(42)36-38-21-31(41-36)23-9-7-22(8-10-23)27-14-15-28(35-26-12-11-25(19-26)34(27)35)24-13-16-29-30(20-24)40-37(39-29)33-6-4-18-43(33)2/h7-10,13-16,20-21,25-26,32-33H,3-6,11-12,17-19H2,1-2H3,(H,38,41)(H,39,40)/t25?,26?,32-,33-/m0/s1. The first-order chi connectivity index (χ1) is 21.1. The monoisotopic (exact) mass is 568 g/mol. The normalized spacial score (nSPS) is 25.3. The summed E-state index contributed by atoms with van der Waals surface area (Å²) in [7, 11) is 4.42. The zero-order chi connectivity index (χ0) is 28.7. The van der Waals surface area contributed by atoms with Crippen LogP contribution >= 0.6 is 0 Å². The number of likely N-dealkylation sites (tertiary alicyclic amines) is 2. The van der Waals surface area contributed by atoms with Gasteiger partial charge in [-0.2, -0.15) is 0 Å². The topological polar surface area (TPSA) is 63.8 Å². The molecule has 6 nitrogen and oxygen atoms in total. The maximum absolute atomic E-state index is 4.99. The molecule has 4 heterocycles. The van der Waals surface area contributed by atoms with Crippen molar-refractivity contribution in [3.8, 4) is 33.5 Å². The lowest BCUT2D eigenvalue weighted by Crippen LogP contribution is -2.18. The van der Waals surface area contributed by atoms with Gasteiger partial charge in [-0.25, -0.2) is 9.97 Å². The maximum Gasteiger partial charge on any atom is 0.124 e. The lowest BCUT2D eigenvalue weighted by Gasteiger charge is -2.23. The fourth-order valence-electron chi connectivity index (χ4n) is 8.87. The zero-order valence-electron chi connectivity index (χ0n) is 25.2. The Morgan fingerprint density at radius 3 is 1.98 bits per heavy atom. The molecular formula is C37H40N6. The van der Waals surface area contributed by atoms with Crippen LogP contribution < -0.4 is 0 Å². The lowest BCUT2D eigenvalue weighted by atomic mass is 9.81. The smallest absolute Gasteiger partial charge is 0.124 e. The van der Waals surface area contributed by atoms with Gasteiger partial charge in [0.25, 0.3) is 0 Å². The van der Waals surface area contributed by atoms with Crippen LogP contribution in [0.3, 0.4) is 0 Å². The van der Waals surface area contributed by atoms with E-state index in [9.17, 15) is 0 Å². The first-order valence-corrected chi connectivity index (χ1v) is 16.3. The van der Waals surface area contributed by atoms with E-state index in [0.717, 1.165) is 41.5 Å². The number of aromatic amines is 2. The fourth-order valence-corrected chi connectivity index (χ4v) is 8.87. The number of hydrogen-bond acceptors (Lipinski definition) is 4. The molecule has 0 amide bonds. The van der Waals surface area contributed by atoms with Crippen LogP contribution in [0.5, 0.6) is 0 Å². The molecule has 2 N–H and O–H groups in total. The van der Waals surface area contributed by atoms with E-state index in [-0.39, 0.29) is 0 Å². The Balaban J connectivity index is 1.05. The summed E-state index contributed by atoms with van der Waals surface area (Å²) in [5, 5.41) is 0. The number of fused-ring (bicyclic) bond motifs is 6. The van der Waals surface area contributed by atoms with Crippen LogP contribution in [0.1, 0.15) is 91.6 Å². The maximum atomic E-state index is 4.99. The molecule has 2 aliphatic heterocycles. The van der Waals surface area contributed by atoms with Crippen molar-refractivity contribution in [2.45, 2.75) is 68.9 Å². The molecule has 3 fully saturated rings. The minimum Gasteiger partial charge on any atom is -0.341 e. The summed E-state index contributed by atoms with van der Waals surface area (Å²) in [6.07, 6.45) is 10.8. The Kier molecular flexibility index (Phi) is 5.92. The van der Waals surface area contributed by atoms with Crippen molar-refractivity contribution in [2.24, 2.45) is 0 Å². The summed E-state index contributed by atoms with van der Waals surface area (Å²) in [5.41, 5.74) is 13.2. The average Bonchev–Trinajstić information content (AvgIpc) is 3.88. The predicted molar refractivity (Wildman–Crippen MR) is 173 cm³/mol. The first kappa shape index (κ1) is 25.7. The van der Waals surface area contributed by atoms with Crippen LogP contribution in [0.2, 0.25) is 0 Å². The molecule has 43 heavy (non-hydrogen) atoms. The van der Waals surface area contributed by atoms with Gasteiger partial charge in [0, 0.05) is 0 Å². The van der Waals surface area contributed by atoms with Crippen molar-refractivity contribution in [1.82, 2.24) is 29.7 Å². The van der Waals surface area contributed by atoms with Crippen LogP contribution in [-0.2, 0) is 0 Å². The molecule has 2 bridgehead atoms. The minimum atomic E-state index is 0.408. The number of aromatic nitrogens is 4. The van der Waals surface area contributed by atoms with Crippen LogP contribution in [0.15, 0.2) is 60.8 Å². The van der Waals surface area contributed by atoms with E-state index >= 15 is 0 Å². The van der Waals surface area contributed by atoms with Gasteiger partial charge < -0.3 is 9.97 Å². The second-order valence-corrected chi connectivity index (χ2v) is 13.6. The van der Waals surface area contributed by atoms with Gasteiger partial charge in [0.05, 0.1) is 35.0 Å². The van der Waals surface area contributed by atoms with Gasteiger partial charge in [-0.15, -0.1) is 0 Å². The van der Waals surface area contributed by atoms with Crippen LogP contribution in [0.4, 0.5) is 0 Å². The Labute approximate surface area is 253 Å². The molecule has 2 saturated heterocycles. The van der Waals surface area contributed by atoms with E-state index in [1.165, 1.54) is 72.8 Å². The van der Waals surface area contributed by atoms with Gasteiger partial charge in [-0.3, -0.25) is 9.80 Å². The zero-order valence-corrected chi connectivity index (χ0v) is 25.2.